The van der Waals surface area contributed by atoms with Crippen molar-refractivity contribution >= 4 is 22.8 Å². The van der Waals surface area contributed by atoms with E-state index in [1.165, 1.54) is 18.6 Å². The molecule has 0 radical (unpaired) electrons. The number of thioether (sulfide) groups is 1. The molecule has 0 saturated carbocycles. The van der Waals surface area contributed by atoms with Crippen LogP contribution in [0.25, 0.3) is 0 Å². The zero-order chi connectivity index (χ0) is 7.40. The third-order valence-corrected chi connectivity index (χ3v) is 3.69. The average molecular weight is 180 g/mol. The van der Waals surface area contributed by atoms with E-state index < -0.39 is 11.1 Å². The molecular weight excluding hydrogens is 168 g/mol. The molecule has 1 saturated heterocycles. The van der Waals surface area contributed by atoms with E-state index in [4.69, 9.17) is 4.55 Å². The lowest BCUT2D eigenvalue weighted by Gasteiger charge is -2.04. The highest BCUT2D eigenvalue weighted by molar-refractivity contribution is 8.00. The minimum atomic E-state index is -1.57. The summed E-state index contributed by atoms with van der Waals surface area (Å²) in [5.41, 5.74) is 0. The lowest BCUT2D eigenvalue weighted by Crippen LogP contribution is -2.04. The van der Waals surface area contributed by atoms with Gasteiger partial charge >= 0.3 is 0 Å². The van der Waals surface area contributed by atoms with Gasteiger partial charge in [-0.05, 0) is 25.0 Å². The Morgan fingerprint density at radius 3 is 3.00 bits per heavy atom. The van der Waals surface area contributed by atoms with Crippen molar-refractivity contribution in [2.45, 2.75) is 24.5 Å². The molecule has 1 heterocycles. The fourth-order valence-corrected chi connectivity index (χ4v) is 3.02. The Kier molecular flexibility index (Phi) is 3.73. The summed E-state index contributed by atoms with van der Waals surface area (Å²) in [6, 6.07) is 0. The van der Waals surface area contributed by atoms with E-state index in [1.807, 2.05) is 11.8 Å². The van der Waals surface area contributed by atoms with Crippen molar-refractivity contribution in [3.8, 4) is 0 Å². The molecule has 0 aliphatic carbocycles. The Labute approximate surface area is 68.1 Å². The summed E-state index contributed by atoms with van der Waals surface area (Å²) in [6.07, 6.45) is 3.43. The summed E-state index contributed by atoms with van der Waals surface area (Å²) >= 11 is 0.364. The Balaban J connectivity index is 2.07. The van der Waals surface area contributed by atoms with Crippen LogP contribution >= 0.6 is 11.8 Å². The van der Waals surface area contributed by atoms with E-state index >= 15 is 0 Å². The second-order valence-corrected chi connectivity index (χ2v) is 4.91. The maximum atomic E-state index is 10.3. The molecule has 1 rings (SSSR count). The topological polar surface area (TPSA) is 37.3 Å². The Morgan fingerprint density at radius 1 is 1.70 bits per heavy atom. The number of hydrogen-bond acceptors (Lipinski definition) is 2. The van der Waals surface area contributed by atoms with Gasteiger partial charge in [-0.1, -0.05) is 0 Å². The molecule has 0 aromatic carbocycles. The number of hydrogen-bond donors (Lipinski definition) is 1. The molecule has 0 aromatic heterocycles. The summed E-state index contributed by atoms with van der Waals surface area (Å²) in [6.45, 7) is 0. The fourth-order valence-electron chi connectivity index (χ4n) is 1.10. The van der Waals surface area contributed by atoms with Gasteiger partial charge in [0.15, 0.2) is 11.1 Å². The molecule has 0 aromatic rings. The van der Waals surface area contributed by atoms with Gasteiger partial charge in [-0.2, -0.15) is 11.8 Å². The van der Waals surface area contributed by atoms with Crippen LogP contribution in [0.4, 0.5) is 0 Å². The van der Waals surface area contributed by atoms with Gasteiger partial charge < -0.3 is 4.55 Å². The van der Waals surface area contributed by atoms with Crippen LogP contribution in [0.2, 0.25) is 0 Å². The molecule has 0 spiro atoms. The molecule has 2 unspecified atom stereocenters. The lowest BCUT2D eigenvalue weighted by molar-refractivity contribution is 0.560. The summed E-state index contributed by atoms with van der Waals surface area (Å²) in [7, 11) is 0. The van der Waals surface area contributed by atoms with Crippen molar-refractivity contribution in [1.29, 1.82) is 0 Å². The minimum absolute atomic E-state index is 0.456. The highest BCUT2D eigenvalue weighted by Gasteiger charge is 2.15. The molecule has 1 fully saturated rings. The summed E-state index contributed by atoms with van der Waals surface area (Å²) < 4.78 is 18.7. The quantitative estimate of drug-likeness (QED) is 0.669. The average Bonchev–Trinajstić information content (AvgIpc) is 2.34. The molecule has 60 valence electrons. The molecule has 4 heteroatoms. The fraction of sp³-hybridized carbons (Fsp3) is 1.00. The van der Waals surface area contributed by atoms with Crippen molar-refractivity contribution in [2.75, 3.05) is 11.5 Å². The molecule has 10 heavy (non-hydrogen) atoms. The van der Waals surface area contributed by atoms with Crippen LogP contribution in [0.3, 0.4) is 0 Å². The van der Waals surface area contributed by atoms with E-state index in [0.29, 0.717) is 11.0 Å². The van der Waals surface area contributed by atoms with Gasteiger partial charge in [-0.3, -0.25) is 0 Å². The maximum Gasteiger partial charge on any atom is 0.152 e. The first kappa shape index (κ1) is 8.56. The van der Waals surface area contributed by atoms with Gasteiger partial charge in [-0.15, -0.1) is 0 Å². The summed E-state index contributed by atoms with van der Waals surface area (Å²) in [4.78, 5) is 0. The van der Waals surface area contributed by atoms with E-state index in [2.05, 4.69) is 0 Å². The summed E-state index contributed by atoms with van der Waals surface area (Å²) in [5, 5.41) is 0.663. The van der Waals surface area contributed by atoms with E-state index in [9.17, 15) is 4.21 Å². The Bertz CT molecular complexity index is 121. The van der Waals surface area contributed by atoms with E-state index in [1.54, 1.807) is 0 Å². The van der Waals surface area contributed by atoms with Crippen LogP contribution in [0, 0.1) is 0 Å². The monoisotopic (exact) mass is 180 g/mol. The van der Waals surface area contributed by atoms with Crippen LogP contribution in [0.1, 0.15) is 19.3 Å². The van der Waals surface area contributed by atoms with Crippen LogP contribution in [-0.4, -0.2) is 25.5 Å². The number of rotatable bonds is 3. The molecule has 1 aliphatic rings. The van der Waals surface area contributed by atoms with Crippen LogP contribution < -0.4 is 0 Å². The van der Waals surface area contributed by atoms with Crippen molar-refractivity contribution in [3.63, 3.8) is 0 Å². The minimum Gasteiger partial charge on any atom is -0.306 e. The van der Waals surface area contributed by atoms with Crippen molar-refractivity contribution in [1.82, 2.24) is 0 Å². The molecular formula is C6H12O2S2. The SMILES string of the molecule is O=S(O)CCC1CCCS1. The first-order valence-corrected chi connectivity index (χ1v) is 5.80. The third kappa shape index (κ3) is 3.03. The standard InChI is InChI=1S/C6H12O2S2/c7-10(8)5-3-6-2-1-4-9-6/h6H,1-5H2,(H,7,8). The Morgan fingerprint density at radius 2 is 2.50 bits per heavy atom. The molecule has 2 atom stereocenters. The third-order valence-electron chi connectivity index (χ3n) is 1.64. The van der Waals surface area contributed by atoms with Crippen molar-refractivity contribution in [3.05, 3.63) is 0 Å². The maximum absolute atomic E-state index is 10.3. The van der Waals surface area contributed by atoms with Crippen LogP contribution in [-0.2, 0) is 11.1 Å². The van der Waals surface area contributed by atoms with Gasteiger partial charge in [-0.25, -0.2) is 4.21 Å². The van der Waals surface area contributed by atoms with Gasteiger partial charge in [0.1, 0.15) is 0 Å². The van der Waals surface area contributed by atoms with Gasteiger partial charge in [0.25, 0.3) is 0 Å². The molecule has 0 bridgehead atoms. The zero-order valence-electron chi connectivity index (χ0n) is 5.78. The smallest absolute Gasteiger partial charge is 0.152 e. The lowest BCUT2D eigenvalue weighted by atomic mass is 10.2. The first-order valence-electron chi connectivity index (χ1n) is 3.48. The highest BCUT2D eigenvalue weighted by Crippen LogP contribution is 2.28. The van der Waals surface area contributed by atoms with E-state index in [0.717, 1.165) is 6.42 Å². The molecule has 1 aliphatic heterocycles. The predicted octanol–water partition coefficient (Wildman–Crippen LogP) is 1.49. The Hall–Kier alpha value is 0.460. The second-order valence-electron chi connectivity index (χ2n) is 2.45. The summed E-state index contributed by atoms with van der Waals surface area (Å²) in [5.74, 6) is 1.69. The van der Waals surface area contributed by atoms with Gasteiger partial charge in [0, 0.05) is 5.25 Å². The normalized spacial score (nSPS) is 28.7. The highest BCUT2D eigenvalue weighted by atomic mass is 32.2. The predicted molar refractivity (Wildman–Crippen MR) is 45.7 cm³/mol. The second kappa shape index (κ2) is 4.36. The molecule has 1 N–H and O–H groups in total. The van der Waals surface area contributed by atoms with Gasteiger partial charge in [0.05, 0.1) is 5.75 Å². The van der Waals surface area contributed by atoms with Crippen LogP contribution in [0.15, 0.2) is 0 Å². The van der Waals surface area contributed by atoms with Crippen molar-refractivity contribution < 1.29 is 8.76 Å². The van der Waals surface area contributed by atoms with Crippen molar-refractivity contribution in [2.24, 2.45) is 0 Å². The van der Waals surface area contributed by atoms with Crippen LogP contribution in [0.5, 0.6) is 0 Å². The van der Waals surface area contributed by atoms with Gasteiger partial charge in [0.2, 0.25) is 0 Å². The molecule has 0 amide bonds. The van der Waals surface area contributed by atoms with E-state index in [-0.39, 0.29) is 0 Å². The largest absolute Gasteiger partial charge is 0.306 e. The zero-order valence-corrected chi connectivity index (χ0v) is 7.42. The first-order chi connectivity index (χ1) is 4.79. The molecule has 2 nitrogen and oxygen atoms in total.